The lowest BCUT2D eigenvalue weighted by molar-refractivity contribution is -0.119. The lowest BCUT2D eigenvalue weighted by Crippen LogP contribution is -2.48. The van der Waals surface area contributed by atoms with Gasteiger partial charge in [0.1, 0.15) is 11.9 Å². The van der Waals surface area contributed by atoms with Crippen molar-refractivity contribution in [3.05, 3.63) is 16.7 Å². The highest BCUT2D eigenvalue weighted by molar-refractivity contribution is 9.10. The van der Waals surface area contributed by atoms with Crippen molar-refractivity contribution in [2.45, 2.75) is 25.3 Å². The first kappa shape index (κ1) is 12.2. The quantitative estimate of drug-likeness (QED) is 0.861. The molecule has 4 N–H and O–H groups in total. The number of nitrogen functional groups attached to an aromatic ring is 1. The van der Waals surface area contributed by atoms with Crippen molar-refractivity contribution in [3.63, 3.8) is 0 Å². The molecule has 0 aromatic carbocycles. The van der Waals surface area contributed by atoms with E-state index in [1.54, 1.807) is 12.3 Å². The second-order valence-electron chi connectivity index (χ2n) is 4.18. The zero-order valence-corrected chi connectivity index (χ0v) is 11.0. The molecule has 0 bridgehead atoms. The van der Waals surface area contributed by atoms with Gasteiger partial charge in [0.2, 0.25) is 5.91 Å². The van der Waals surface area contributed by atoms with Gasteiger partial charge in [-0.2, -0.15) is 0 Å². The number of hydrogen-bond acceptors (Lipinski definition) is 4. The van der Waals surface area contributed by atoms with Gasteiger partial charge < -0.3 is 16.4 Å². The molecule has 1 saturated heterocycles. The van der Waals surface area contributed by atoms with Crippen molar-refractivity contribution in [2.75, 3.05) is 17.2 Å². The van der Waals surface area contributed by atoms with Gasteiger partial charge in [0.15, 0.2) is 0 Å². The Labute approximate surface area is 108 Å². The fourth-order valence-corrected chi connectivity index (χ4v) is 2.73. The zero-order chi connectivity index (χ0) is 12.4. The van der Waals surface area contributed by atoms with Crippen LogP contribution in [-0.2, 0) is 4.79 Å². The molecule has 2 rings (SSSR count). The molecule has 0 radical (unpaired) electrons. The topological polar surface area (TPSA) is 85.2 Å². The molecule has 5 nitrogen and oxygen atoms in total. The van der Waals surface area contributed by atoms with Gasteiger partial charge in [-0.3, -0.25) is 4.79 Å². The molecule has 1 aliphatic heterocycles. The number of primary amides is 1. The first-order valence-corrected chi connectivity index (χ1v) is 6.36. The molecule has 2 heterocycles. The second kappa shape index (κ2) is 4.91. The Morgan fingerprint density at radius 2 is 2.29 bits per heavy atom. The number of pyridine rings is 1. The maximum Gasteiger partial charge on any atom is 0.240 e. The maximum atomic E-state index is 11.4. The third-order valence-electron chi connectivity index (χ3n) is 2.95. The first-order chi connectivity index (χ1) is 8.09. The smallest absolute Gasteiger partial charge is 0.240 e. The average molecular weight is 299 g/mol. The standard InChI is InChI=1S/C11H15BrN4O/c12-8-5-7(13)6-15-11(8)16-4-2-1-3-9(16)10(14)17/h5-6,9H,1-4,13H2,(H2,14,17). The van der Waals surface area contributed by atoms with Gasteiger partial charge in [0.25, 0.3) is 0 Å². The summed E-state index contributed by atoms with van der Waals surface area (Å²) >= 11 is 3.42. The van der Waals surface area contributed by atoms with Crippen LogP contribution in [0.2, 0.25) is 0 Å². The average Bonchev–Trinajstić information content (AvgIpc) is 2.29. The number of anilines is 2. The molecule has 6 heteroatoms. The molecule has 0 saturated carbocycles. The predicted octanol–water partition coefficient (Wildman–Crippen LogP) is 1.27. The Morgan fingerprint density at radius 1 is 1.53 bits per heavy atom. The van der Waals surface area contributed by atoms with Crippen LogP contribution in [-0.4, -0.2) is 23.5 Å². The van der Waals surface area contributed by atoms with Crippen molar-refractivity contribution in [1.29, 1.82) is 0 Å². The molecule has 1 unspecified atom stereocenters. The van der Waals surface area contributed by atoms with Gasteiger partial charge in [0.05, 0.1) is 16.4 Å². The van der Waals surface area contributed by atoms with Crippen LogP contribution in [0, 0.1) is 0 Å². The van der Waals surface area contributed by atoms with Crippen molar-refractivity contribution < 1.29 is 4.79 Å². The highest BCUT2D eigenvalue weighted by Gasteiger charge is 2.28. The molecule has 92 valence electrons. The molecule has 0 spiro atoms. The Balaban J connectivity index is 2.32. The summed E-state index contributed by atoms with van der Waals surface area (Å²) in [4.78, 5) is 17.7. The minimum absolute atomic E-state index is 0.267. The molecule has 1 aromatic rings. The van der Waals surface area contributed by atoms with E-state index in [1.807, 2.05) is 4.90 Å². The van der Waals surface area contributed by atoms with Gasteiger partial charge in [0, 0.05) is 6.54 Å². The van der Waals surface area contributed by atoms with Crippen LogP contribution in [0.5, 0.6) is 0 Å². The van der Waals surface area contributed by atoms with E-state index in [1.165, 1.54) is 0 Å². The van der Waals surface area contributed by atoms with Crippen molar-refractivity contribution in [2.24, 2.45) is 5.73 Å². The van der Waals surface area contributed by atoms with E-state index in [0.717, 1.165) is 36.1 Å². The van der Waals surface area contributed by atoms with Crippen LogP contribution in [0.3, 0.4) is 0 Å². The third kappa shape index (κ3) is 2.52. The normalized spacial score (nSPS) is 20.3. The van der Waals surface area contributed by atoms with Gasteiger partial charge in [-0.05, 0) is 41.3 Å². The number of rotatable bonds is 2. The van der Waals surface area contributed by atoms with Crippen LogP contribution in [0.1, 0.15) is 19.3 Å². The molecule has 1 fully saturated rings. The highest BCUT2D eigenvalue weighted by atomic mass is 79.9. The molecular weight excluding hydrogens is 284 g/mol. The van der Waals surface area contributed by atoms with Gasteiger partial charge >= 0.3 is 0 Å². The monoisotopic (exact) mass is 298 g/mol. The minimum atomic E-state index is -0.296. The van der Waals surface area contributed by atoms with Crippen molar-refractivity contribution >= 4 is 33.3 Å². The number of amides is 1. The lowest BCUT2D eigenvalue weighted by Gasteiger charge is -2.35. The Hall–Kier alpha value is -1.30. The van der Waals surface area contributed by atoms with Crippen LogP contribution < -0.4 is 16.4 Å². The number of piperidine rings is 1. The predicted molar refractivity (Wildman–Crippen MR) is 70.5 cm³/mol. The maximum absolute atomic E-state index is 11.4. The van der Waals surface area contributed by atoms with E-state index in [4.69, 9.17) is 11.5 Å². The zero-order valence-electron chi connectivity index (χ0n) is 9.40. The van der Waals surface area contributed by atoms with Gasteiger partial charge in [-0.15, -0.1) is 0 Å². The molecular formula is C11H15BrN4O. The fraction of sp³-hybridized carbons (Fsp3) is 0.455. The molecule has 1 atom stereocenters. The number of carbonyl (C=O) groups excluding carboxylic acids is 1. The van der Waals surface area contributed by atoms with Crippen LogP contribution in [0.25, 0.3) is 0 Å². The van der Waals surface area contributed by atoms with Gasteiger partial charge in [-0.25, -0.2) is 4.98 Å². The number of carbonyl (C=O) groups is 1. The minimum Gasteiger partial charge on any atom is -0.397 e. The van der Waals surface area contributed by atoms with Crippen molar-refractivity contribution in [1.82, 2.24) is 4.98 Å². The summed E-state index contributed by atoms with van der Waals surface area (Å²) in [5.41, 5.74) is 11.7. The SMILES string of the molecule is NC(=O)C1CCCCN1c1ncc(N)cc1Br. The number of halogens is 1. The van der Waals surface area contributed by atoms with Gasteiger partial charge in [-0.1, -0.05) is 0 Å². The number of nitrogens with two attached hydrogens (primary N) is 2. The summed E-state index contributed by atoms with van der Waals surface area (Å²) in [6, 6.07) is 1.52. The van der Waals surface area contributed by atoms with E-state index >= 15 is 0 Å². The Kier molecular flexibility index (Phi) is 3.51. The summed E-state index contributed by atoms with van der Waals surface area (Å²) in [6.45, 7) is 0.795. The Morgan fingerprint density at radius 3 is 2.94 bits per heavy atom. The number of aromatic nitrogens is 1. The Bertz CT molecular complexity index is 437. The summed E-state index contributed by atoms with van der Waals surface area (Å²) in [5.74, 6) is 0.443. The fourth-order valence-electron chi connectivity index (χ4n) is 2.14. The lowest BCUT2D eigenvalue weighted by atomic mass is 10.0. The summed E-state index contributed by atoms with van der Waals surface area (Å²) in [7, 11) is 0. The van der Waals surface area contributed by atoms with E-state index in [2.05, 4.69) is 20.9 Å². The molecule has 1 aromatic heterocycles. The second-order valence-corrected chi connectivity index (χ2v) is 5.04. The third-order valence-corrected chi connectivity index (χ3v) is 3.53. The molecule has 1 amide bonds. The highest BCUT2D eigenvalue weighted by Crippen LogP contribution is 2.30. The van der Waals surface area contributed by atoms with E-state index in [-0.39, 0.29) is 11.9 Å². The summed E-state index contributed by atoms with van der Waals surface area (Å²) in [6.07, 6.45) is 4.44. The van der Waals surface area contributed by atoms with E-state index < -0.39 is 0 Å². The first-order valence-electron chi connectivity index (χ1n) is 5.56. The van der Waals surface area contributed by atoms with Crippen LogP contribution in [0.15, 0.2) is 16.7 Å². The van der Waals surface area contributed by atoms with Crippen molar-refractivity contribution in [3.8, 4) is 0 Å². The molecule has 0 aliphatic carbocycles. The van der Waals surface area contributed by atoms with Crippen LogP contribution >= 0.6 is 15.9 Å². The summed E-state index contributed by atoms with van der Waals surface area (Å²) < 4.78 is 0.797. The van der Waals surface area contributed by atoms with Crippen LogP contribution in [0.4, 0.5) is 11.5 Å². The molecule has 17 heavy (non-hydrogen) atoms. The van der Waals surface area contributed by atoms with E-state index in [9.17, 15) is 4.79 Å². The number of nitrogens with zero attached hydrogens (tertiary/aromatic N) is 2. The summed E-state index contributed by atoms with van der Waals surface area (Å²) in [5, 5.41) is 0. The van der Waals surface area contributed by atoms with E-state index in [0.29, 0.717) is 5.69 Å². The largest absolute Gasteiger partial charge is 0.397 e. The molecule has 1 aliphatic rings. The number of hydrogen-bond donors (Lipinski definition) is 2.